The number of carbonyl (C=O) groups is 2. The van der Waals surface area contributed by atoms with Gasteiger partial charge in [0, 0.05) is 17.0 Å². The Kier molecular flexibility index (Phi) is 4.07. The van der Waals surface area contributed by atoms with E-state index in [0.29, 0.717) is 11.8 Å². The number of carbonyl (C=O) groups excluding carboxylic acids is 2. The molecule has 9 nitrogen and oxygen atoms in total. The van der Waals surface area contributed by atoms with Crippen molar-refractivity contribution in [2.75, 3.05) is 26.3 Å². The Morgan fingerprint density at radius 1 is 1.04 bits per heavy atom. The molecule has 0 aromatic heterocycles. The number of ether oxygens (including phenoxy) is 2. The predicted molar refractivity (Wildman–Crippen MR) is 81.6 cm³/mol. The van der Waals surface area contributed by atoms with Crippen molar-refractivity contribution >= 4 is 11.9 Å². The molecule has 0 aromatic rings. The van der Waals surface area contributed by atoms with Gasteiger partial charge in [-0.15, -0.1) is 0 Å². The van der Waals surface area contributed by atoms with Crippen LogP contribution in [0.5, 0.6) is 0 Å². The quantitative estimate of drug-likeness (QED) is 0.291. The predicted octanol–water partition coefficient (Wildman–Crippen LogP) is -0.0325. The highest BCUT2D eigenvalue weighted by Crippen LogP contribution is 2.41. The molecule has 4 bridgehead atoms. The monoisotopic (exact) mass is 335 g/mol. The summed E-state index contributed by atoms with van der Waals surface area (Å²) in [4.78, 5) is 26.9. The fourth-order valence-corrected chi connectivity index (χ4v) is 4.40. The maximum absolute atomic E-state index is 12.1. The Morgan fingerprint density at radius 3 is 1.88 bits per heavy atom. The SMILES string of the molecule is [N-]=[N+]=NC(COC(=O)[C@H]1[C@H]2CN[C@@H]1C2)COC(=O)[C@H]1[C@H]2CN[C@@H]1C2. The molecule has 2 saturated carbocycles. The van der Waals surface area contributed by atoms with Crippen LogP contribution in [0.15, 0.2) is 5.11 Å². The van der Waals surface area contributed by atoms with E-state index in [9.17, 15) is 9.59 Å². The molecular formula is C15H21N5O4. The molecular weight excluding hydrogens is 314 g/mol. The fraction of sp³-hybridized carbons (Fsp3) is 0.867. The van der Waals surface area contributed by atoms with Crippen LogP contribution in [0.4, 0.5) is 0 Å². The van der Waals surface area contributed by atoms with Gasteiger partial charge in [0.05, 0.1) is 11.8 Å². The summed E-state index contributed by atoms with van der Waals surface area (Å²) < 4.78 is 10.6. The first-order valence-electron chi connectivity index (χ1n) is 8.51. The molecule has 6 rings (SSSR count). The van der Waals surface area contributed by atoms with Gasteiger partial charge in [0.25, 0.3) is 0 Å². The second kappa shape index (κ2) is 6.23. The largest absolute Gasteiger partial charge is 0.465 e. The number of rotatable bonds is 7. The zero-order valence-corrected chi connectivity index (χ0v) is 13.3. The Labute approximate surface area is 139 Å². The van der Waals surface area contributed by atoms with Crippen LogP contribution >= 0.6 is 0 Å². The van der Waals surface area contributed by atoms with Crippen LogP contribution in [0.2, 0.25) is 0 Å². The standard InChI is InChI=1S/C15H21N5O4/c16-20-19-9(5-23-14(21)12-7-1-10(12)17-3-7)6-24-15(22)13-8-2-11(13)18-4-8/h7-13,17-18H,1-6H2/t7-,8-,10-,11-,12+,13+/m1/s1. The Bertz CT molecular complexity index is 522. The molecule has 6 atom stereocenters. The van der Waals surface area contributed by atoms with Crippen molar-refractivity contribution in [3.05, 3.63) is 10.4 Å². The van der Waals surface area contributed by atoms with Gasteiger partial charge in [-0.05, 0) is 43.3 Å². The lowest BCUT2D eigenvalue weighted by Crippen LogP contribution is -2.44. The summed E-state index contributed by atoms with van der Waals surface area (Å²) in [6.07, 6.45) is 2.05. The minimum absolute atomic E-state index is 0.0537. The molecule has 24 heavy (non-hydrogen) atoms. The molecule has 0 aromatic carbocycles. The van der Waals surface area contributed by atoms with Gasteiger partial charge in [-0.3, -0.25) is 9.59 Å². The Morgan fingerprint density at radius 2 is 1.54 bits per heavy atom. The van der Waals surface area contributed by atoms with E-state index in [4.69, 9.17) is 15.0 Å². The van der Waals surface area contributed by atoms with E-state index in [1.54, 1.807) is 0 Å². The van der Waals surface area contributed by atoms with E-state index >= 15 is 0 Å². The van der Waals surface area contributed by atoms with Gasteiger partial charge in [0.2, 0.25) is 0 Å². The van der Waals surface area contributed by atoms with Crippen molar-refractivity contribution in [1.82, 2.24) is 10.6 Å². The lowest BCUT2D eigenvalue weighted by molar-refractivity contribution is -0.157. The van der Waals surface area contributed by atoms with E-state index in [2.05, 4.69) is 20.7 Å². The van der Waals surface area contributed by atoms with Gasteiger partial charge in [-0.2, -0.15) is 0 Å². The molecule has 0 spiro atoms. The fourth-order valence-electron chi connectivity index (χ4n) is 4.40. The molecule has 6 aliphatic rings. The summed E-state index contributed by atoms with van der Waals surface area (Å²) in [6, 6.07) is -0.237. The van der Waals surface area contributed by atoms with Gasteiger partial charge in [-0.25, -0.2) is 0 Å². The molecule has 4 heterocycles. The van der Waals surface area contributed by atoms with Crippen LogP contribution in [0.25, 0.3) is 10.4 Å². The van der Waals surface area contributed by atoms with Crippen molar-refractivity contribution in [2.24, 2.45) is 28.8 Å². The number of azide groups is 1. The van der Waals surface area contributed by atoms with Crippen LogP contribution in [0.3, 0.4) is 0 Å². The topological polar surface area (TPSA) is 125 Å². The Balaban J connectivity index is 1.23. The molecule has 9 heteroatoms. The number of hydrogen-bond donors (Lipinski definition) is 2. The zero-order chi connectivity index (χ0) is 16.7. The molecule has 2 aliphatic carbocycles. The Hall–Kier alpha value is -1.83. The zero-order valence-electron chi connectivity index (χ0n) is 13.3. The van der Waals surface area contributed by atoms with E-state index in [1.807, 2.05) is 0 Å². The molecule has 0 unspecified atom stereocenters. The third kappa shape index (κ3) is 2.62. The third-order valence-corrected chi connectivity index (χ3v) is 5.88. The van der Waals surface area contributed by atoms with Crippen molar-refractivity contribution < 1.29 is 19.1 Å². The highest BCUT2D eigenvalue weighted by atomic mass is 16.5. The van der Waals surface area contributed by atoms with Crippen LogP contribution < -0.4 is 10.6 Å². The van der Waals surface area contributed by atoms with Gasteiger partial charge in [-0.1, -0.05) is 5.11 Å². The van der Waals surface area contributed by atoms with Crippen molar-refractivity contribution in [2.45, 2.75) is 31.0 Å². The first-order valence-corrected chi connectivity index (χ1v) is 8.51. The second-order valence-electron chi connectivity index (χ2n) is 7.19. The molecule has 2 N–H and O–H groups in total. The summed E-state index contributed by atoms with van der Waals surface area (Å²) in [7, 11) is 0. The van der Waals surface area contributed by atoms with Crippen molar-refractivity contribution in [3.63, 3.8) is 0 Å². The maximum Gasteiger partial charge on any atom is 0.310 e. The number of hydrogen-bond acceptors (Lipinski definition) is 7. The smallest absolute Gasteiger partial charge is 0.310 e. The molecule has 4 saturated heterocycles. The van der Waals surface area contributed by atoms with Gasteiger partial charge in [0.15, 0.2) is 0 Å². The minimum Gasteiger partial charge on any atom is -0.465 e. The summed E-state index contributed by atoms with van der Waals surface area (Å²) in [5, 5.41) is 10.1. The molecule has 4 aliphatic heterocycles. The lowest BCUT2D eigenvalue weighted by atomic mass is 9.74. The van der Waals surface area contributed by atoms with E-state index in [1.165, 1.54) is 0 Å². The summed E-state index contributed by atoms with van der Waals surface area (Å²) in [5.74, 6) is 0.0328. The molecule has 0 amide bonds. The second-order valence-corrected chi connectivity index (χ2v) is 7.19. The lowest BCUT2D eigenvalue weighted by Gasteiger charge is -2.33. The number of nitrogens with one attached hydrogen (secondary N) is 2. The molecule has 130 valence electrons. The average molecular weight is 335 g/mol. The van der Waals surface area contributed by atoms with Crippen LogP contribution in [-0.2, 0) is 19.1 Å². The van der Waals surface area contributed by atoms with Gasteiger partial charge >= 0.3 is 11.9 Å². The molecule has 6 fully saturated rings. The van der Waals surface area contributed by atoms with Crippen LogP contribution in [0, 0.1) is 23.7 Å². The van der Waals surface area contributed by atoms with Crippen molar-refractivity contribution in [3.8, 4) is 0 Å². The van der Waals surface area contributed by atoms with E-state index in [-0.39, 0.29) is 49.1 Å². The highest BCUT2D eigenvalue weighted by Gasteiger charge is 2.52. The van der Waals surface area contributed by atoms with E-state index in [0.717, 1.165) is 25.9 Å². The first kappa shape index (κ1) is 15.7. The summed E-state index contributed by atoms with van der Waals surface area (Å²) in [6.45, 7) is 1.61. The van der Waals surface area contributed by atoms with E-state index < -0.39 is 6.04 Å². The number of nitrogens with zero attached hydrogens (tertiary/aromatic N) is 3. The minimum atomic E-state index is -0.681. The normalized spacial score (nSPS) is 38.0. The van der Waals surface area contributed by atoms with Crippen molar-refractivity contribution in [1.29, 1.82) is 0 Å². The average Bonchev–Trinajstić information content (AvgIpc) is 3.29. The highest BCUT2D eigenvalue weighted by molar-refractivity contribution is 5.76. The number of esters is 2. The maximum atomic E-state index is 12.1. The number of fused-ring (bicyclic) bond motifs is 2. The van der Waals surface area contributed by atoms with Gasteiger partial charge in [0.1, 0.15) is 19.3 Å². The summed E-state index contributed by atoms with van der Waals surface area (Å²) in [5.41, 5.74) is 8.65. The van der Waals surface area contributed by atoms with Gasteiger partial charge < -0.3 is 20.1 Å². The van der Waals surface area contributed by atoms with Crippen LogP contribution in [-0.4, -0.2) is 56.4 Å². The first-order chi connectivity index (χ1) is 11.7. The van der Waals surface area contributed by atoms with Crippen LogP contribution in [0.1, 0.15) is 12.8 Å². The third-order valence-electron chi connectivity index (χ3n) is 5.88. The summed E-state index contributed by atoms with van der Waals surface area (Å²) >= 11 is 0. The molecule has 0 radical (unpaired) electrons.